The van der Waals surface area contributed by atoms with Crippen LogP contribution in [0.15, 0.2) is 53.6 Å². The third kappa shape index (κ3) is 4.11. The standard InChI is InChI=1S/C19H17N5O3/c1-27-9-8-21-18(25)15-6-7-17(22-11-15)24-12-16(19(26)23-24)14-4-2-13(10-20)3-5-14/h2-7,11-12H,8-9H2,1H3,(H,21,25)(H,23,26). The second-order valence-corrected chi connectivity index (χ2v) is 5.70. The van der Waals surface area contributed by atoms with Gasteiger partial charge in [-0.1, -0.05) is 12.1 Å². The van der Waals surface area contributed by atoms with E-state index in [4.69, 9.17) is 10.00 Å². The van der Waals surface area contributed by atoms with E-state index in [1.165, 1.54) is 10.9 Å². The van der Waals surface area contributed by atoms with Gasteiger partial charge in [-0.15, -0.1) is 0 Å². The molecular weight excluding hydrogens is 346 g/mol. The van der Waals surface area contributed by atoms with Crippen LogP contribution in [0, 0.1) is 11.3 Å². The third-order valence-corrected chi connectivity index (χ3v) is 3.90. The number of ether oxygens (including phenoxy) is 1. The minimum absolute atomic E-state index is 0.245. The fraction of sp³-hybridized carbons (Fsp3) is 0.158. The van der Waals surface area contributed by atoms with Crippen LogP contribution in [0.25, 0.3) is 16.9 Å². The Morgan fingerprint density at radius 2 is 2.07 bits per heavy atom. The van der Waals surface area contributed by atoms with E-state index in [-0.39, 0.29) is 11.5 Å². The van der Waals surface area contributed by atoms with Crippen LogP contribution in [0.4, 0.5) is 0 Å². The van der Waals surface area contributed by atoms with Crippen molar-refractivity contribution in [1.82, 2.24) is 20.1 Å². The van der Waals surface area contributed by atoms with Gasteiger partial charge in [0.25, 0.3) is 11.5 Å². The lowest BCUT2D eigenvalue weighted by molar-refractivity contribution is 0.0936. The van der Waals surface area contributed by atoms with E-state index in [2.05, 4.69) is 15.4 Å². The molecule has 2 aromatic heterocycles. The highest BCUT2D eigenvalue weighted by atomic mass is 16.5. The maximum Gasteiger partial charge on any atom is 0.272 e. The molecule has 0 spiro atoms. The number of rotatable bonds is 6. The summed E-state index contributed by atoms with van der Waals surface area (Å²) in [6, 6.07) is 12.1. The Labute approximate surface area is 155 Å². The van der Waals surface area contributed by atoms with Gasteiger partial charge in [0, 0.05) is 26.0 Å². The first-order valence-corrected chi connectivity index (χ1v) is 8.18. The molecule has 0 aliphatic rings. The largest absolute Gasteiger partial charge is 0.383 e. The molecule has 8 heteroatoms. The molecule has 2 N–H and O–H groups in total. The Hall–Kier alpha value is -3.70. The number of nitriles is 1. The van der Waals surface area contributed by atoms with Crippen molar-refractivity contribution in [2.75, 3.05) is 20.3 Å². The topological polar surface area (TPSA) is 113 Å². The van der Waals surface area contributed by atoms with Gasteiger partial charge in [0.2, 0.25) is 0 Å². The lowest BCUT2D eigenvalue weighted by atomic mass is 10.1. The zero-order chi connectivity index (χ0) is 19.2. The third-order valence-electron chi connectivity index (χ3n) is 3.90. The number of aromatic nitrogens is 3. The maximum absolute atomic E-state index is 12.2. The van der Waals surface area contributed by atoms with Gasteiger partial charge in [-0.2, -0.15) is 5.26 Å². The number of H-pyrrole nitrogens is 1. The summed E-state index contributed by atoms with van der Waals surface area (Å²) >= 11 is 0. The monoisotopic (exact) mass is 363 g/mol. The van der Waals surface area contributed by atoms with Crippen LogP contribution in [0.5, 0.6) is 0 Å². The number of methoxy groups -OCH3 is 1. The number of benzene rings is 1. The normalized spacial score (nSPS) is 10.4. The highest BCUT2D eigenvalue weighted by Gasteiger charge is 2.10. The molecule has 3 aromatic rings. The summed E-state index contributed by atoms with van der Waals surface area (Å²) in [5.74, 6) is 0.228. The van der Waals surface area contributed by atoms with Crippen molar-refractivity contribution >= 4 is 5.91 Å². The van der Waals surface area contributed by atoms with E-state index in [9.17, 15) is 9.59 Å². The molecule has 0 radical (unpaired) electrons. The molecule has 27 heavy (non-hydrogen) atoms. The zero-order valence-corrected chi connectivity index (χ0v) is 14.6. The number of aromatic amines is 1. The molecule has 2 heterocycles. The summed E-state index contributed by atoms with van der Waals surface area (Å²) < 4.78 is 6.37. The van der Waals surface area contributed by atoms with Crippen molar-refractivity contribution in [3.05, 3.63) is 70.3 Å². The first-order valence-electron chi connectivity index (χ1n) is 8.18. The van der Waals surface area contributed by atoms with E-state index in [0.717, 1.165) is 0 Å². The minimum Gasteiger partial charge on any atom is -0.383 e. The van der Waals surface area contributed by atoms with Gasteiger partial charge in [0.1, 0.15) is 0 Å². The fourth-order valence-electron chi connectivity index (χ4n) is 2.47. The molecule has 0 unspecified atom stereocenters. The number of nitrogens with one attached hydrogen (secondary N) is 2. The number of carbonyl (C=O) groups is 1. The SMILES string of the molecule is COCCNC(=O)c1ccc(-n2cc(-c3ccc(C#N)cc3)c(=O)[nH]2)nc1. The molecule has 0 aliphatic carbocycles. The summed E-state index contributed by atoms with van der Waals surface area (Å²) in [6.07, 6.45) is 3.07. The smallest absolute Gasteiger partial charge is 0.272 e. The van der Waals surface area contributed by atoms with Gasteiger partial charge in [0.15, 0.2) is 5.82 Å². The lowest BCUT2D eigenvalue weighted by Gasteiger charge is -2.05. The molecule has 0 fully saturated rings. The summed E-state index contributed by atoms with van der Waals surface area (Å²) in [6.45, 7) is 0.843. The van der Waals surface area contributed by atoms with Crippen molar-refractivity contribution in [2.45, 2.75) is 0 Å². The quantitative estimate of drug-likeness (QED) is 0.644. The van der Waals surface area contributed by atoms with E-state index in [1.54, 1.807) is 49.7 Å². The number of amides is 1. The predicted octanol–water partition coefficient (Wildman–Crippen LogP) is 1.48. The Kier molecular flexibility index (Phi) is 5.44. The highest BCUT2D eigenvalue weighted by Crippen LogP contribution is 2.17. The van der Waals surface area contributed by atoms with Crippen LogP contribution in [0.3, 0.4) is 0 Å². The van der Waals surface area contributed by atoms with Gasteiger partial charge in [0.05, 0.1) is 29.4 Å². The molecule has 0 saturated carbocycles. The average molecular weight is 363 g/mol. The van der Waals surface area contributed by atoms with E-state index < -0.39 is 0 Å². The van der Waals surface area contributed by atoms with Gasteiger partial charge < -0.3 is 10.1 Å². The molecule has 0 aliphatic heterocycles. The summed E-state index contributed by atoms with van der Waals surface area (Å²) in [5.41, 5.74) is 1.82. The molecule has 8 nitrogen and oxygen atoms in total. The van der Waals surface area contributed by atoms with E-state index in [0.29, 0.717) is 41.2 Å². The highest BCUT2D eigenvalue weighted by molar-refractivity contribution is 5.93. The number of pyridine rings is 1. The Bertz CT molecular complexity index is 1030. The maximum atomic E-state index is 12.2. The Morgan fingerprint density at radius 3 is 2.70 bits per heavy atom. The van der Waals surface area contributed by atoms with Crippen molar-refractivity contribution in [1.29, 1.82) is 5.26 Å². The van der Waals surface area contributed by atoms with Crippen LogP contribution < -0.4 is 10.9 Å². The summed E-state index contributed by atoms with van der Waals surface area (Å²) in [4.78, 5) is 28.4. The lowest BCUT2D eigenvalue weighted by Crippen LogP contribution is -2.27. The molecule has 1 amide bonds. The molecule has 0 saturated heterocycles. The fourth-order valence-corrected chi connectivity index (χ4v) is 2.47. The van der Waals surface area contributed by atoms with Gasteiger partial charge >= 0.3 is 0 Å². The van der Waals surface area contributed by atoms with E-state index >= 15 is 0 Å². The Morgan fingerprint density at radius 1 is 1.30 bits per heavy atom. The first-order chi connectivity index (χ1) is 13.1. The number of carbonyl (C=O) groups excluding carboxylic acids is 1. The molecule has 0 bridgehead atoms. The molecule has 3 rings (SSSR count). The number of nitrogens with zero attached hydrogens (tertiary/aromatic N) is 3. The van der Waals surface area contributed by atoms with Crippen molar-refractivity contribution in [3.63, 3.8) is 0 Å². The van der Waals surface area contributed by atoms with Gasteiger partial charge in [-0.05, 0) is 29.8 Å². The molecule has 0 atom stereocenters. The Balaban J connectivity index is 1.80. The molecule has 136 valence electrons. The minimum atomic E-state index is -0.275. The zero-order valence-electron chi connectivity index (χ0n) is 14.6. The van der Waals surface area contributed by atoms with Crippen LogP contribution >= 0.6 is 0 Å². The van der Waals surface area contributed by atoms with Gasteiger partial charge in [-0.3, -0.25) is 14.7 Å². The summed E-state index contributed by atoms with van der Waals surface area (Å²) in [7, 11) is 1.56. The van der Waals surface area contributed by atoms with Crippen LogP contribution in [0.2, 0.25) is 0 Å². The van der Waals surface area contributed by atoms with Crippen molar-refractivity contribution in [3.8, 4) is 23.0 Å². The second kappa shape index (κ2) is 8.12. The van der Waals surface area contributed by atoms with Gasteiger partial charge in [-0.25, -0.2) is 9.67 Å². The second-order valence-electron chi connectivity index (χ2n) is 5.70. The number of hydrogen-bond acceptors (Lipinski definition) is 5. The van der Waals surface area contributed by atoms with Crippen LogP contribution in [-0.2, 0) is 4.74 Å². The molecular formula is C19H17N5O3. The van der Waals surface area contributed by atoms with E-state index in [1.807, 2.05) is 6.07 Å². The first kappa shape index (κ1) is 18.1. The van der Waals surface area contributed by atoms with Crippen LogP contribution in [-0.4, -0.2) is 40.9 Å². The summed E-state index contributed by atoms with van der Waals surface area (Å²) in [5, 5.41) is 14.3. The number of hydrogen-bond donors (Lipinski definition) is 2. The average Bonchev–Trinajstić information content (AvgIpc) is 3.10. The van der Waals surface area contributed by atoms with Crippen LogP contribution in [0.1, 0.15) is 15.9 Å². The predicted molar refractivity (Wildman–Crippen MR) is 98.5 cm³/mol. The molecule has 1 aromatic carbocycles. The van der Waals surface area contributed by atoms with Crippen molar-refractivity contribution in [2.24, 2.45) is 0 Å². The van der Waals surface area contributed by atoms with Crippen molar-refractivity contribution < 1.29 is 9.53 Å².